The standard InChI is InChI=1S/C14H28N4.HI/c1-2-9-18-10-5-8-13(18)11-16-14(15)17-12-6-3-4-7-12;/h12-13H,2-11H2,1H3,(H3,15,16,17);1H/t13-;/m0./s1. The fourth-order valence-electron chi connectivity index (χ4n) is 3.21. The SMILES string of the molecule is CCCN1CCC[C@H]1CN=C(N)NC1CCCC1.I. The summed E-state index contributed by atoms with van der Waals surface area (Å²) in [5, 5.41) is 3.36. The molecular weight excluding hydrogens is 351 g/mol. The van der Waals surface area contributed by atoms with Crippen molar-refractivity contribution in [3.8, 4) is 0 Å². The van der Waals surface area contributed by atoms with Crippen molar-refractivity contribution >= 4 is 29.9 Å². The molecule has 1 aliphatic carbocycles. The quantitative estimate of drug-likeness (QED) is 0.437. The summed E-state index contributed by atoms with van der Waals surface area (Å²) >= 11 is 0. The van der Waals surface area contributed by atoms with Gasteiger partial charge in [0.1, 0.15) is 0 Å². The Morgan fingerprint density at radius 2 is 2.00 bits per heavy atom. The molecule has 19 heavy (non-hydrogen) atoms. The van der Waals surface area contributed by atoms with Crippen LogP contribution in [0.1, 0.15) is 51.9 Å². The van der Waals surface area contributed by atoms with Crippen molar-refractivity contribution in [3.63, 3.8) is 0 Å². The molecule has 0 unspecified atom stereocenters. The number of guanidine groups is 1. The Morgan fingerprint density at radius 3 is 2.68 bits per heavy atom. The highest BCUT2D eigenvalue weighted by molar-refractivity contribution is 14.0. The van der Waals surface area contributed by atoms with Crippen LogP contribution in [0.2, 0.25) is 0 Å². The number of halogens is 1. The maximum atomic E-state index is 5.97. The molecule has 4 nitrogen and oxygen atoms in total. The Labute approximate surface area is 134 Å². The smallest absolute Gasteiger partial charge is 0.188 e. The first-order chi connectivity index (χ1) is 8.79. The molecular formula is C14H29IN4. The molecule has 2 rings (SSSR count). The summed E-state index contributed by atoms with van der Waals surface area (Å²) in [6.07, 6.45) is 8.99. The zero-order valence-electron chi connectivity index (χ0n) is 12.1. The van der Waals surface area contributed by atoms with E-state index in [0.29, 0.717) is 18.0 Å². The van der Waals surface area contributed by atoms with Crippen LogP contribution in [0.3, 0.4) is 0 Å². The predicted octanol–water partition coefficient (Wildman–Crippen LogP) is 2.33. The Hall–Kier alpha value is -0.0400. The molecule has 3 N–H and O–H groups in total. The maximum absolute atomic E-state index is 5.97. The molecule has 1 heterocycles. The minimum absolute atomic E-state index is 0. The lowest BCUT2D eigenvalue weighted by Crippen LogP contribution is -2.40. The van der Waals surface area contributed by atoms with E-state index in [9.17, 15) is 0 Å². The first-order valence-corrected chi connectivity index (χ1v) is 7.60. The second-order valence-corrected chi connectivity index (χ2v) is 5.68. The summed E-state index contributed by atoms with van der Waals surface area (Å²) in [5.74, 6) is 0.658. The highest BCUT2D eigenvalue weighted by Crippen LogP contribution is 2.18. The molecule has 1 saturated carbocycles. The monoisotopic (exact) mass is 380 g/mol. The minimum Gasteiger partial charge on any atom is -0.370 e. The zero-order valence-corrected chi connectivity index (χ0v) is 14.4. The third-order valence-electron chi connectivity index (χ3n) is 4.19. The van der Waals surface area contributed by atoms with Crippen LogP contribution < -0.4 is 11.1 Å². The van der Waals surface area contributed by atoms with Gasteiger partial charge in [-0.2, -0.15) is 0 Å². The summed E-state index contributed by atoms with van der Waals surface area (Å²) in [6.45, 7) is 5.56. The highest BCUT2D eigenvalue weighted by Gasteiger charge is 2.23. The molecule has 0 aromatic rings. The molecule has 1 aliphatic heterocycles. The van der Waals surface area contributed by atoms with Gasteiger partial charge in [0.15, 0.2) is 5.96 Å². The van der Waals surface area contributed by atoms with Crippen molar-refractivity contribution in [2.75, 3.05) is 19.6 Å². The van der Waals surface area contributed by atoms with Crippen LogP contribution in [0.15, 0.2) is 4.99 Å². The summed E-state index contributed by atoms with van der Waals surface area (Å²) < 4.78 is 0. The fourth-order valence-corrected chi connectivity index (χ4v) is 3.21. The summed E-state index contributed by atoms with van der Waals surface area (Å²) in [5.41, 5.74) is 5.97. The number of nitrogens with one attached hydrogen (secondary N) is 1. The van der Waals surface area contributed by atoms with Crippen molar-refractivity contribution in [1.82, 2.24) is 10.2 Å². The summed E-state index contributed by atoms with van der Waals surface area (Å²) in [4.78, 5) is 7.11. The number of aliphatic imine (C=N–C) groups is 1. The second-order valence-electron chi connectivity index (χ2n) is 5.68. The lowest BCUT2D eigenvalue weighted by Gasteiger charge is -2.22. The van der Waals surface area contributed by atoms with Crippen LogP contribution in [-0.4, -0.2) is 42.6 Å². The number of hydrogen-bond acceptors (Lipinski definition) is 2. The van der Waals surface area contributed by atoms with E-state index >= 15 is 0 Å². The third-order valence-corrected chi connectivity index (χ3v) is 4.19. The fraction of sp³-hybridized carbons (Fsp3) is 0.929. The summed E-state index contributed by atoms with van der Waals surface area (Å²) in [6, 6.07) is 1.19. The van der Waals surface area contributed by atoms with Crippen molar-refractivity contribution < 1.29 is 0 Å². The predicted molar refractivity (Wildman–Crippen MR) is 92.2 cm³/mol. The molecule has 1 atom stereocenters. The van der Waals surface area contributed by atoms with Gasteiger partial charge in [0.05, 0.1) is 6.54 Å². The van der Waals surface area contributed by atoms with Gasteiger partial charge in [-0.05, 0) is 45.2 Å². The van der Waals surface area contributed by atoms with Gasteiger partial charge in [-0.3, -0.25) is 9.89 Å². The first-order valence-electron chi connectivity index (χ1n) is 7.60. The Bertz CT molecular complexity index is 277. The van der Waals surface area contributed by atoms with E-state index in [-0.39, 0.29) is 24.0 Å². The van der Waals surface area contributed by atoms with E-state index in [4.69, 9.17) is 5.73 Å². The van der Waals surface area contributed by atoms with Crippen molar-refractivity contribution in [3.05, 3.63) is 0 Å². The van der Waals surface area contributed by atoms with Crippen LogP contribution in [0, 0.1) is 0 Å². The van der Waals surface area contributed by atoms with E-state index in [0.717, 1.165) is 6.54 Å². The lowest BCUT2D eigenvalue weighted by molar-refractivity contribution is 0.259. The average Bonchev–Trinajstić information content (AvgIpc) is 2.99. The molecule has 2 fully saturated rings. The molecule has 0 bridgehead atoms. The van der Waals surface area contributed by atoms with Crippen LogP contribution in [-0.2, 0) is 0 Å². The van der Waals surface area contributed by atoms with E-state index in [1.54, 1.807) is 0 Å². The molecule has 0 aromatic heterocycles. The van der Waals surface area contributed by atoms with E-state index in [1.807, 2.05) is 0 Å². The number of likely N-dealkylation sites (tertiary alicyclic amines) is 1. The van der Waals surface area contributed by atoms with E-state index < -0.39 is 0 Å². The van der Waals surface area contributed by atoms with Gasteiger partial charge >= 0.3 is 0 Å². The van der Waals surface area contributed by atoms with Crippen molar-refractivity contribution in [1.29, 1.82) is 0 Å². The van der Waals surface area contributed by atoms with Gasteiger partial charge in [-0.25, -0.2) is 0 Å². The lowest BCUT2D eigenvalue weighted by atomic mass is 10.2. The Balaban J connectivity index is 0.00000180. The van der Waals surface area contributed by atoms with Gasteiger partial charge in [0.25, 0.3) is 0 Å². The van der Waals surface area contributed by atoms with Crippen LogP contribution in [0.5, 0.6) is 0 Å². The molecule has 5 heteroatoms. The van der Waals surface area contributed by atoms with Gasteiger partial charge in [0.2, 0.25) is 0 Å². The van der Waals surface area contributed by atoms with Gasteiger partial charge in [-0.1, -0.05) is 19.8 Å². The van der Waals surface area contributed by atoms with Crippen LogP contribution >= 0.6 is 24.0 Å². The third kappa shape index (κ3) is 5.45. The minimum atomic E-state index is 0. The topological polar surface area (TPSA) is 53.6 Å². The molecule has 0 radical (unpaired) electrons. The van der Waals surface area contributed by atoms with Crippen LogP contribution in [0.25, 0.3) is 0 Å². The molecule has 0 amide bonds. The zero-order chi connectivity index (χ0) is 12.8. The van der Waals surface area contributed by atoms with Gasteiger partial charge < -0.3 is 11.1 Å². The Kier molecular flexibility index (Phi) is 8.06. The van der Waals surface area contributed by atoms with E-state index in [1.165, 1.54) is 58.0 Å². The van der Waals surface area contributed by atoms with Crippen molar-refractivity contribution in [2.45, 2.75) is 64.0 Å². The number of hydrogen-bond donors (Lipinski definition) is 2. The molecule has 1 saturated heterocycles. The van der Waals surface area contributed by atoms with Crippen molar-refractivity contribution in [2.24, 2.45) is 10.7 Å². The average molecular weight is 380 g/mol. The molecule has 112 valence electrons. The van der Waals surface area contributed by atoms with Gasteiger partial charge in [-0.15, -0.1) is 24.0 Å². The molecule has 0 aromatic carbocycles. The summed E-state index contributed by atoms with van der Waals surface area (Å²) in [7, 11) is 0. The normalized spacial score (nSPS) is 25.5. The number of rotatable bonds is 5. The first kappa shape index (κ1) is 17.0. The Morgan fingerprint density at radius 1 is 1.26 bits per heavy atom. The maximum Gasteiger partial charge on any atom is 0.188 e. The van der Waals surface area contributed by atoms with E-state index in [2.05, 4.69) is 22.1 Å². The number of nitrogens with two attached hydrogens (primary N) is 1. The van der Waals surface area contributed by atoms with Gasteiger partial charge in [0, 0.05) is 12.1 Å². The highest BCUT2D eigenvalue weighted by atomic mass is 127. The second kappa shape index (κ2) is 9.00. The molecule has 2 aliphatic rings. The number of nitrogens with zero attached hydrogens (tertiary/aromatic N) is 2. The largest absolute Gasteiger partial charge is 0.370 e. The molecule has 0 spiro atoms. The van der Waals surface area contributed by atoms with Crippen LogP contribution in [0.4, 0.5) is 0 Å².